The molecule has 2 rings (SSSR count). The fraction of sp³-hybridized carbons (Fsp3) is 0.538. The zero-order valence-corrected chi connectivity index (χ0v) is 9.73. The van der Waals surface area contributed by atoms with Crippen molar-refractivity contribution >= 4 is 5.97 Å². The number of rotatable bonds is 3. The van der Waals surface area contributed by atoms with Crippen LogP contribution in [0.15, 0.2) is 12.3 Å². The summed E-state index contributed by atoms with van der Waals surface area (Å²) in [6.45, 7) is 3.94. The van der Waals surface area contributed by atoms with Gasteiger partial charge in [0.25, 0.3) is 0 Å². The number of aromatic nitrogens is 1. The Labute approximate surface area is 95.5 Å². The Morgan fingerprint density at radius 2 is 2.19 bits per heavy atom. The molecule has 16 heavy (non-hydrogen) atoms. The lowest BCUT2D eigenvalue weighted by molar-refractivity contribution is 0.0694. The fourth-order valence-corrected chi connectivity index (χ4v) is 2.09. The molecule has 3 nitrogen and oxygen atoms in total. The van der Waals surface area contributed by atoms with Gasteiger partial charge >= 0.3 is 5.97 Å². The Balaban J connectivity index is 2.38. The third kappa shape index (κ3) is 1.94. The molecule has 3 heteroatoms. The predicted molar refractivity (Wildman–Crippen MR) is 61.9 cm³/mol. The van der Waals surface area contributed by atoms with Crippen molar-refractivity contribution in [2.24, 2.45) is 0 Å². The van der Waals surface area contributed by atoms with E-state index in [2.05, 4.69) is 4.98 Å². The topological polar surface area (TPSA) is 50.2 Å². The largest absolute Gasteiger partial charge is 0.478 e. The third-order valence-electron chi connectivity index (χ3n) is 3.29. The molecule has 0 spiro atoms. The van der Waals surface area contributed by atoms with Crippen LogP contribution in [-0.2, 0) is 0 Å². The first-order valence-electron chi connectivity index (χ1n) is 5.82. The van der Waals surface area contributed by atoms with Crippen molar-refractivity contribution in [3.8, 4) is 0 Å². The Morgan fingerprint density at radius 3 is 2.62 bits per heavy atom. The van der Waals surface area contributed by atoms with E-state index >= 15 is 0 Å². The second-order valence-corrected chi connectivity index (χ2v) is 4.79. The number of hydrogen-bond acceptors (Lipinski definition) is 2. The van der Waals surface area contributed by atoms with Crippen LogP contribution in [0.3, 0.4) is 0 Å². The van der Waals surface area contributed by atoms with Crippen LogP contribution in [0.4, 0.5) is 0 Å². The van der Waals surface area contributed by atoms with E-state index < -0.39 is 5.97 Å². The van der Waals surface area contributed by atoms with Crippen LogP contribution in [0.25, 0.3) is 0 Å². The van der Waals surface area contributed by atoms with Gasteiger partial charge in [0, 0.05) is 6.20 Å². The number of nitrogens with zero attached hydrogens (tertiary/aromatic N) is 1. The van der Waals surface area contributed by atoms with Gasteiger partial charge in [-0.25, -0.2) is 4.79 Å². The molecular formula is C13H17NO2. The lowest BCUT2D eigenvalue weighted by Gasteiger charge is -2.26. The smallest absolute Gasteiger partial charge is 0.337 e. The number of pyridine rings is 1. The first-order valence-corrected chi connectivity index (χ1v) is 5.82. The zero-order valence-electron chi connectivity index (χ0n) is 9.73. The van der Waals surface area contributed by atoms with Crippen molar-refractivity contribution in [2.75, 3.05) is 0 Å². The molecule has 1 heterocycles. The van der Waals surface area contributed by atoms with Gasteiger partial charge in [-0.2, -0.15) is 0 Å². The Bertz CT molecular complexity index is 408. The molecule has 1 N–H and O–H groups in total. The van der Waals surface area contributed by atoms with Gasteiger partial charge in [-0.15, -0.1) is 0 Å². The predicted octanol–water partition coefficient (Wildman–Crippen LogP) is 3.17. The fourth-order valence-electron chi connectivity index (χ4n) is 2.09. The first kappa shape index (κ1) is 11.1. The average molecular weight is 219 g/mol. The number of carbonyl (C=O) groups is 1. The van der Waals surface area contributed by atoms with E-state index in [1.807, 2.05) is 26.1 Å². The highest BCUT2D eigenvalue weighted by Crippen LogP contribution is 2.36. The van der Waals surface area contributed by atoms with Crippen molar-refractivity contribution in [2.45, 2.75) is 44.9 Å². The summed E-state index contributed by atoms with van der Waals surface area (Å²) < 4.78 is 0. The van der Waals surface area contributed by atoms with Crippen molar-refractivity contribution in [3.63, 3.8) is 0 Å². The lowest BCUT2D eigenvalue weighted by atomic mass is 9.80. The molecule has 0 amide bonds. The highest BCUT2D eigenvalue weighted by Gasteiger charge is 2.23. The maximum Gasteiger partial charge on any atom is 0.337 e. The Hall–Kier alpha value is -1.38. The van der Waals surface area contributed by atoms with Crippen molar-refractivity contribution in [3.05, 3.63) is 29.1 Å². The van der Waals surface area contributed by atoms with Crippen LogP contribution < -0.4 is 0 Å². The molecule has 1 aliphatic carbocycles. The summed E-state index contributed by atoms with van der Waals surface area (Å²) in [4.78, 5) is 15.5. The van der Waals surface area contributed by atoms with Gasteiger partial charge in [-0.3, -0.25) is 4.98 Å². The van der Waals surface area contributed by atoms with Gasteiger partial charge in [0.1, 0.15) is 0 Å². The minimum absolute atomic E-state index is 0.154. The molecule has 86 valence electrons. The molecule has 0 aliphatic heterocycles. The number of hydrogen-bond donors (Lipinski definition) is 1. The van der Waals surface area contributed by atoms with E-state index in [0.29, 0.717) is 17.2 Å². The van der Waals surface area contributed by atoms with Gasteiger partial charge in [-0.1, -0.05) is 20.3 Å². The minimum Gasteiger partial charge on any atom is -0.478 e. The zero-order chi connectivity index (χ0) is 11.7. The summed E-state index contributed by atoms with van der Waals surface area (Å²) in [5.41, 5.74) is 2.16. The van der Waals surface area contributed by atoms with Gasteiger partial charge < -0.3 is 5.11 Å². The van der Waals surface area contributed by atoms with Gasteiger partial charge in [0.05, 0.1) is 11.3 Å². The molecule has 0 saturated heterocycles. The molecule has 1 aromatic heterocycles. The molecule has 1 fully saturated rings. The standard InChI is InChI=1S/C13H17NO2/c1-8(2)12-11(13(15)16)6-10(7-14-12)9-4-3-5-9/h6-9H,3-5H2,1-2H3,(H,15,16). The summed E-state index contributed by atoms with van der Waals surface area (Å²) >= 11 is 0. The third-order valence-corrected chi connectivity index (χ3v) is 3.29. The highest BCUT2D eigenvalue weighted by atomic mass is 16.4. The second-order valence-electron chi connectivity index (χ2n) is 4.79. The van der Waals surface area contributed by atoms with Gasteiger partial charge in [-0.05, 0) is 36.3 Å². The molecule has 0 atom stereocenters. The van der Waals surface area contributed by atoms with Crippen molar-refractivity contribution < 1.29 is 9.90 Å². The Morgan fingerprint density at radius 1 is 1.50 bits per heavy atom. The van der Waals surface area contributed by atoms with E-state index in [9.17, 15) is 9.90 Å². The summed E-state index contributed by atoms with van der Waals surface area (Å²) in [5.74, 6) is -0.175. The van der Waals surface area contributed by atoms with Crippen LogP contribution in [0.1, 0.15) is 66.6 Å². The maximum atomic E-state index is 11.2. The molecule has 1 saturated carbocycles. The number of carboxylic acids is 1. The summed E-state index contributed by atoms with van der Waals surface area (Å²) in [7, 11) is 0. The SMILES string of the molecule is CC(C)c1ncc(C2CCC2)cc1C(=O)O. The molecule has 0 aromatic carbocycles. The van der Waals surface area contributed by atoms with Gasteiger partial charge in [0.2, 0.25) is 0 Å². The number of aromatic carboxylic acids is 1. The molecule has 0 radical (unpaired) electrons. The molecule has 0 bridgehead atoms. The average Bonchev–Trinajstić information content (AvgIpc) is 2.14. The monoisotopic (exact) mass is 219 g/mol. The maximum absolute atomic E-state index is 11.2. The quantitative estimate of drug-likeness (QED) is 0.849. The van der Waals surface area contributed by atoms with E-state index in [4.69, 9.17) is 0 Å². The molecule has 1 aromatic rings. The summed E-state index contributed by atoms with van der Waals surface area (Å²) in [6, 6.07) is 1.81. The van der Waals surface area contributed by atoms with E-state index in [-0.39, 0.29) is 5.92 Å². The second kappa shape index (κ2) is 4.24. The normalized spacial score (nSPS) is 16.2. The highest BCUT2D eigenvalue weighted by molar-refractivity contribution is 5.89. The van der Waals surface area contributed by atoms with Crippen LogP contribution in [0.2, 0.25) is 0 Å². The molecule has 1 aliphatic rings. The van der Waals surface area contributed by atoms with E-state index in [0.717, 1.165) is 5.56 Å². The van der Waals surface area contributed by atoms with Crippen LogP contribution in [-0.4, -0.2) is 16.1 Å². The van der Waals surface area contributed by atoms with E-state index in [1.54, 1.807) is 0 Å². The van der Waals surface area contributed by atoms with E-state index in [1.165, 1.54) is 19.3 Å². The van der Waals surface area contributed by atoms with Crippen LogP contribution in [0.5, 0.6) is 0 Å². The summed E-state index contributed by atoms with van der Waals surface area (Å²) in [6.07, 6.45) is 5.44. The van der Waals surface area contributed by atoms with Crippen LogP contribution in [0, 0.1) is 0 Å². The lowest BCUT2D eigenvalue weighted by Crippen LogP contribution is -2.13. The Kier molecular flexibility index (Phi) is 2.95. The van der Waals surface area contributed by atoms with Crippen molar-refractivity contribution in [1.29, 1.82) is 0 Å². The first-order chi connectivity index (χ1) is 7.59. The minimum atomic E-state index is -0.864. The van der Waals surface area contributed by atoms with Crippen molar-refractivity contribution in [1.82, 2.24) is 4.98 Å². The number of carboxylic acid groups (broad SMARTS) is 1. The van der Waals surface area contributed by atoms with Crippen LogP contribution >= 0.6 is 0 Å². The van der Waals surface area contributed by atoms with Gasteiger partial charge in [0.15, 0.2) is 0 Å². The summed E-state index contributed by atoms with van der Waals surface area (Å²) in [5, 5.41) is 9.17. The molecule has 0 unspecified atom stereocenters. The molecular weight excluding hydrogens is 202 g/mol.